The van der Waals surface area contributed by atoms with E-state index >= 15 is 0 Å². The summed E-state index contributed by atoms with van der Waals surface area (Å²) in [6, 6.07) is 0. The highest BCUT2D eigenvalue weighted by Crippen LogP contribution is 2.41. The molecule has 0 amide bonds. The van der Waals surface area contributed by atoms with Crippen molar-refractivity contribution in [3.63, 3.8) is 0 Å². The van der Waals surface area contributed by atoms with Crippen molar-refractivity contribution in [3.05, 3.63) is 0 Å². The van der Waals surface area contributed by atoms with Gasteiger partial charge in [0.15, 0.2) is 0 Å². The lowest BCUT2D eigenvalue weighted by molar-refractivity contribution is -0.120. The smallest absolute Gasteiger partial charge is 0.0775 e. The van der Waals surface area contributed by atoms with E-state index in [4.69, 9.17) is 4.74 Å². The van der Waals surface area contributed by atoms with E-state index < -0.39 is 0 Å². The lowest BCUT2D eigenvalue weighted by Gasteiger charge is -2.43. The van der Waals surface area contributed by atoms with Crippen LogP contribution in [-0.4, -0.2) is 16.1 Å². The Morgan fingerprint density at radius 3 is 2.37 bits per heavy atom. The van der Waals surface area contributed by atoms with Crippen LogP contribution in [0.15, 0.2) is 0 Å². The fourth-order valence-corrected chi connectivity index (χ4v) is 4.90. The molecule has 0 bridgehead atoms. The molecule has 1 nitrogen and oxygen atoms in total. The van der Waals surface area contributed by atoms with Crippen LogP contribution in [0, 0.1) is 17.8 Å². The molecule has 2 aliphatic rings. The molecule has 2 aliphatic carbocycles. The van der Waals surface area contributed by atoms with Gasteiger partial charge in [-0.25, -0.2) is 0 Å². The van der Waals surface area contributed by atoms with Gasteiger partial charge in [0.05, 0.1) is 11.7 Å². The molecule has 0 aliphatic heterocycles. The monoisotopic (exact) mass is 378 g/mol. The van der Waals surface area contributed by atoms with Crippen LogP contribution in [0.4, 0.5) is 0 Å². The number of hydrogen-bond donors (Lipinski definition) is 0. The summed E-state index contributed by atoms with van der Waals surface area (Å²) in [7, 11) is 0. The van der Waals surface area contributed by atoms with Crippen molar-refractivity contribution in [3.8, 4) is 0 Å². The van der Waals surface area contributed by atoms with Crippen LogP contribution in [0.25, 0.3) is 0 Å². The van der Waals surface area contributed by atoms with Crippen molar-refractivity contribution in [2.75, 3.05) is 4.43 Å². The summed E-state index contributed by atoms with van der Waals surface area (Å²) in [5.74, 6) is 2.66. The molecule has 0 aromatic heterocycles. The summed E-state index contributed by atoms with van der Waals surface area (Å²) >= 11 is 2.56. The Balaban J connectivity index is 1.89. The fraction of sp³-hybridized carbons (Fsp3) is 1.00. The maximum absolute atomic E-state index is 6.66. The largest absolute Gasteiger partial charge is 0.371 e. The van der Waals surface area contributed by atoms with Gasteiger partial charge in [0.25, 0.3) is 0 Å². The quantitative estimate of drug-likeness (QED) is 0.457. The van der Waals surface area contributed by atoms with Crippen molar-refractivity contribution >= 4 is 22.6 Å². The standard InChI is InChI=1S/C17H31IO/c1-13(2)15-7-9-17(12-18,10-8-15)19-16-6-4-5-14(3)11-16/h13-16H,4-12H2,1-3H3. The summed E-state index contributed by atoms with van der Waals surface area (Å²) in [6.45, 7) is 7.15. The van der Waals surface area contributed by atoms with E-state index in [1.54, 1.807) is 0 Å². The topological polar surface area (TPSA) is 9.23 Å². The Morgan fingerprint density at radius 1 is 1.16 bits per heavy atom. The van der Waals surface area contributed by atoms with Gasteiger partial charge in [-0.3, -0.25) is 0 Å². The highest BCUT2D eigenvalue weighted by molar-refractivity contribution is 14.1. The van der Waals surface area contributed by atoms with Crippen molar-refractivity contribution < 1.29 is 4.74 Å². The van der Waals surface area contributed by atoms with E-state index in [9.17, 15) is 0 Å². The number of hydrogen-bond acceptors (Lipinski definition) is 1. The van der Waals surface area contributed by atoms with Gasteiger partial charge in [0.1, 0.15) is 0 Å². The Bertz CT molecular complexity index is 268. The predicted octanol–water partition coefficient (Wildman–Crippen LogP) is 5.60. The first-order chi connectivity index (χ1) is 9.04. The number of alkyl halides is 1. The Kier molecular flexibility index (Phi) is 6.01. The highest BCUT2D eigenvalue weighted by atomic mass is 127. The van der Waals surface area contributed by atoms with E-state index in [0.717, 1.165) is 17.8 Å². The Labute approximate surface area is 133 Å². The molecular formula is C17H31IO. The van der Waals surface area contributed by atoms with Crippen LogP contribution in [0.5, 0.6) is 0 Å². The fourth-order valence-electron chi connectivity index (χ4n) is 3.95. The summed E-state index contributed by atoms with van der Waals surface area (Å²) in [5, 5.41) is 0. The first-order valence-corrected chi connectivity index (χ1v) is 9.81. The van der Waals surface area contributed by atoms with Gasteiger partial charge in [-0.1, -0.05) is 56.2 Å². The average molecular weight is 378 g/mol. The average Bonchev–Trinajstić information content (AvgIpc) is 2.39. The van der Waals surface area contributed by atoms with Crippen LogP contribution in [0.3, 0.4) is 0 Å². The molecule has 0 radical (unpaired) electrons. The molecule has 2 fully saturated rings. The summed E-state index contributed by atoms with van der Waals surface area (Å²) in [6.07, 6.45) is 11.3. The molecule has 0 heterocycles. The van der Waals surface area contributed by atoms with Crippen molar-refractivity contribution in [2.45, 2.75) is 83.8 Å². The maximum Gasteiger partial charge on any atom is 0.0775 e. The molecule has 0 aromatic carbocycles. The zero-order valence-corrected chi connectivity index (χ0v) is 15.1. The van der Waals surface area contributed by atoms with E-state index in [-0.39, 0.29) is 5.60 Å². The van der Waals surface area contributed by atoms with Crippen LogP contribution < -0.4 is 0 Å². The van der Waals surface area contributed by atoms with Crippen LogP contribution >= 0.6 is 22.6 Å². The van der Waals surface area contributed by atoms with E-state index in [0.29, 0.717) is 6.10 Å². The number of halogens is 1. The summed E-state index contributed by atoms with van der Waals surface area (Å²) in [5.41, 5.74) is 0.216. The lowest BCUT2D eigenvalue weighted by Crippen LogP contribution is -2.43. The molecule has 19 heavy (non-hydrogen) atoms. The second kappa shape index (κ2) is 7.11. The molecular weight excluding hydrogens is 347 g/mol. The third-order valence-electron chi connectivity index (χ3n) is 5.43. The normalized spacial score (nSPS) is 40.6. The lowest BCUT2D eigenvalue weighted by atomic mass is 9.75. The number of rotatable bonds is 4. The predicted molar refractivity (Wildman–Crippen MR) is 90.9 cm³/mol. The van der Waals surface area contributed by atoms with Crippen molar-refractivity contribution in [2.24, 2.45) is 17.8 Å². The van der Waals surface area contributed by atoms with E-state index in [2.05, 4.69) is 43.4 Å². The van der Waals surface area contributed by atoms with Crippen molar-refractivity contribution in [1.82, 2.24) is 0 Å². The Hall–Kier alpha value is 0.690. The molecule has 2 rings (SSSR count). The van der Waals surface area contributed by atoms with Gasteiger partial charge in [0, 0.05) is 4.43 Å². The number of ether oxygens (including phenoxy) is 1. The second-order valence-electron chi connectivity index (χ2n) is 7.41. The van der Waals surface area contributed by atoms with Crippen LogP contribution in [0.2, 0.25) is 0 Å². The molecule has 0 spiro atoms. The van der Waals surface area contributed by atoms with Gasteiger partial charge in [0.2, 0.25) is 0 Å². The molecule has 0 N–H and O–H groups in total. The second-order valence-corrected chi connectivity index (χ2v) is 8.17. The summed E-state index contributed by atoms with van der Waals surface area (Å²) in [4.78, 5) is 0. The third-order valence-corrected chi connectivity index (χ3v) is 6.82. The first kappa shape index (κ1) is 16.1. The SMILES string of the molecule is CC1CCCC(OC2(CI)CCC(C(C)C)CC2)C1. The van der Waals surface area contributed by atoms with Gasteiger partial charge in [-0.2, -0.15) is 0 Å². The Morgan fingerprint density at radius 2 is 1.84 bits per heavy atom. The first-order valence-electron chi connectivity index (χ1n) is 8.28. The van der Waals surface area contributed by atoms with Crippen molar-refractivity contribution in [1.29, 1.82) is 0 Å². The zero-order valence-electron chi connectivity index (χ0n) is 13.0. The summed E-state index contributed by atoms with van der Waals surface area (Å²) < 4.78 is 7.84. The van der Waals surface area contributed by atoms with Crippen LogP contribution in [-0.2, 0) is 4.74 Å². The molecule has 112 valence electrons. The van der Waals surface area contributed by atoms with E-state index in [1.807, 2.05) is 0 Å². The molecule has 0 aromatic rings. The highest BCUT2D eigenvalue weighted by Gasteiger charge is 2.38. The minimum atomic E-state index is 0.216. The minimum absolute atomic E-state index is 0.216. The van der Waals surface area contributed by atoms with E-state index in [1.165, 1.54) is 55.8 Å². The maximum atomic E-state index is 6.66. The van der Waals surface area contributed by atoms with Gasteiger partial charge < -0.3 is 4.74 Å². The zero-order chi connectivity index (χ0) is 13.9. The van der Waals surface area contributed by atoms with Gasteiger partial charge in [-0.05, 0) is 56.3 Å². The molecule has 0 saturated heterocycles. The third kappa shape index (κ3) is 4.33. The molecule has 2 unspecified atom stereocenters. The van der Waals surface area contributed by atoms with Crippen LogP contribution in [0.1, 0.15) is 72.1 Å². The van der Waals surface area contributed by atoms with Gasteiger partial charge >= 0.3 is 0 Å². The minimum Gasteiger partial charge on any atom is -0.371 e. The molecule has 2 atom stereocenters. The molecule has 2 heteroatoms. The molecule has 2 saturated carbocycles. The van der Waals surface area contributed by atoms with Gasteiger partial charge in [-0.15, -0.1) is 0 Å².